The summed E-state index contributed by atoms with van der Waals surface area (Å²) in [5, 5.41) is 11.7. The zero-order chi connectivity index (χ0) is 30.1. The minimum absolute atomic E-state index is 0.0544. The molecule has 0 radical (unpaired) electrons. The van der Waals surface area contributed by atoms with Gasteiger partial charge >= 0.3 is 0 Å². The monoisotopic (exact) mass is 555 g/mol. The number of carbonyl (C=O) groups is 2. The minimum Gasteiger partial charge on any atom is -0.507 e. The molecule has 6 nitrogen and oxygen atoms in total. The Bertz CT molecular complexity index is 1450. The molecule has 1 unspecified atom stereocenters. The molecule has 3 aromatic rings. The number of benzene rings is 3. The molecule has 4 rings (SSSR count). The van der Waals surface area contributed by atoms with Gasteiger partial charge in [-0.05, 0) is 64.3 Å². The zero-order valence-corrected chi connectivity index (χ0v) is 25.4. The Morgan fingerprint density at radius 2 is 1.46 bits per heavy atom. The fraction of sp³-hybridized carbons (Fsp3) is 0.371. The standard InChI is InChI=1S/C35H41NO5/c1-34(2,3)25-14-11-23(12-15-25)30-29(31(37)24-13-18-28(41-8)27(21-24)35(4,5)6)32(38)33(39)36(30)20-19-22-9-16-26(40-7)17-10-22/h9-18,21,30,37H,19-20H2,1-8H3/b31-29-. The van der Waals surface area contributed by atoms with Crippen molar-refractivity contribution in [3.63, 3.8) is 0 Å². The quantitative estimate of drug-likeness (QED) is 0.194. The summed E-state index contributed by atoms with van der Waals surface area (Å²) in [6, 6.07) is 20.3. The van der Waals surface area contributed by atoms with Crippen LogP contribution in [0.1, 0.15) is 75.4 Å². The number of hydrogen-bond donors (Lipinski definition) is 1. The SMILES string of the molecule is COc1ccc(CCN2C(=O)C(=O)/C(=C(\O)c3ccc(OC)c(C(C)(C)C)c3)C2c2ccc(C(C)(C)C)cc2)cc1. The summed E-state index contributed by atoms with van der Waals surface area (Å²) in [6.07, 6.45) is 0.546. The third kappa shape index (κ3) is 6.17. The first-order chi connectivity index (χ1) is 19.3. The van der Waals surface area contributed by atoms with Crippen LogP contribution in [0.25, 0.3) is 5.76 Å². The molecule has 0 aliphatic carbocycles. The number of aliphatic hydroxyl groups is 1. The number of nitrogens with zero attached hydrogens (tertiary/aromatic N) is 1. The van der Waals surface area contributed by atoms with Crippen molar-refractivity contribution in [2.75, 3.05) is 20.8 Å². The first-order valence-corrected chi connectivity index (χ1v) is 14.0. The highest BCUT2D eigenvalue weighted by molar-refractivity contribution is 6.46. The van der Waals surface area contributed by atoms with Gasteiger partial charge in [-0.3, -0.25) is 9.59 Å². The van der Waals surface area contributed by atoms with Gasteiger partial charge in [-0.2, -0.15) is 0 Å². The number of amides is 1. The lowest BCUT2D eigenvalue weighted by molar-refractivity contribution is -0.139. The van der Waals surface area contributed by atoms with Crippen LogP contribution in [0.4, 0.5) is 0 Å². The van der Waals surface area contributed by atoms with Crippen LogP contribution in [0.2, 0.25) is 0 Å². The van der Waals surface area contributed by atoms with Crippen LogP contribution in [-0.2, 0) is 26.8 Å². The highest BCUT2D eigenvalue weighted by Gasteiger charge is 2.46. The molecule has 0 bridgehead atoms. The van der Waals surface area contributed by atoms with Crippen molar-refractivity contribution >= 4 is 17.4 Å². The molecule has 6 heteroatoms. The smallest absolute Gasteiger partial charge is 0.295 e. The molecule has 41 heavy (non-hydrogen) atoms. The van der Waals surface area contributed by atoms with Crippen LogP contribution in [-0.4, -0.2) is 42.5 Å². The lowest BCUT2D eigenvalue weighted by Crippen LogP contribution is -2.31. The molecule has 1 saturated heterocycles. The van der Waals surface area contributed by atoms with E-state index < -0.39 is 17.7 Å². The maximum Gasteiger partial charge on any atom is 0.295 e. The third-order valence-corrected chi connectivity index (χ3v) is 7.71. The van der Waals surface area contributed by atoms with Crippen molar-refractivity contribution in [2.45, 2.75) is 64.8 Å². The number of ether oxygens (including phenoxy) is 2. The average Bonchev–Trinajstić information content (AvgIpc) is 3.19. The van der Waals surface area contributed by atoms with Gasteiger partial charge in [-0.1, -0.05) is 77.9 Å². The predicted octanol–water partition coefficient (Wildman–Crippen LogP) is 6.96. The highest BCUT2D eigenvalue weighted by atomic mass is 16.5. The van der Waals surface area contributed by atoms with Crippen LogP contribution < -0.4 is 9.47 Å². The highest BCUT2D eigenvalue weighted by Crippen LogP contribution is 2.41. The van der Waals surface area contributed by atoms with Crippen molar-refractivity contribution in [1.29, 1.82) is 0 Å². The van der Waals surface area contributed by atoms with Gasteiger partial charge in [0.1, 0.15) is 17.3 Å². The molecule has 1 heterocycles. The van der Waals surface area contributed by atoms with Crippen molar-refractivity contribution in [3.05, 3.63) is 100 Å². The number of carbonyl (C=O) groups excluding carboxylic acids is 2. The number of methoxy groups -OCH3 is 2. The summed E-state index contributed by atoms with van der Waals surface area (Å²) in [6.45, 7) is 12.9. The summed E-state index contributed by atoms with van der Waals surface area (Å²) >= 11 is 0. The topological polar surface area (TPSA) is 76.1 Å². The maximum absolute atomic E-state index is 13.6. The number of Topliss-reactive ketones (excluding diaryl/α,β-unsaturated/α-hetero) is 1. The first kappa shape index (κ1) is 29.9. The lowest BCUT2D eigenvalue weighted by atomic mass is 9.84. The molecule has 1 N–H and O–H groups in total. The molecule has 1 fully saturated rings. The summed E-state index contributed by atoms with van der Waals surface area (Å²) in [7, 11) is 3.23. The Labute approximate surface area is 243 Å². The zero-order valence-electron chi connectivity index (χ0n) is 25.4. The summed E-state index contributed by atoms with van der Waals surface area (Å²) in [4.78, 5) is 28.7. The summed E-state index contributed by atoms with van der Waals surface area (Å²) < 4.78 is 10.8. The predicted molar refractivity (Wildman–Crippen MR) is 163 cm³/mol. The molecule has 0 spiro atoms. The second-order valence-electron chi connectivity index (χ2n) is 12.6. The second kappa shape index (κ2) is 11.4. The van der Waals surface area contributed by atoms with Gasteiger partial charge in [-0.25, -0.2) is 0 Å². The number of hydrogen-bond acceptors (Lipinski definition) is 5. The van der Waals surface area contributed by atoms with Gasteiger partial charge in [0.25, 0.3) is 11.7 Å². The van der Waals surface area contributed by atoms with Crippen LogP contribution in [0.5, 0.6) is 11.5 Å². The Morgan fingerprint density at radius 3 is 2.00 bits per heavy atom. The molecule has 1 aliphatic heterocycles. The van der Waals surface area contributed by atoms with E-state index in [1.807, 2.05) is 54.6 Å². The van der Waals surface area contributed by atoms with E-state index in [9.17, 15) is 14.7 Å². The van der Waals surface area contributed by atoms with E-state index in [1.54, 1.807) is 31.3 Å². The first-order valence-electron chi connectivity index (χ1n) is 14.0. The summed E-state index contributed by atoms with van der Waals surface area (Å²) in [5.41, 5.74) is 4.07. The van der Waals surface area contributed by atoms with Gasteiger partial charge in [-0.15, -0.1) is 0 Å². The lowest BCUT2D eigenvalue weighted by Gasteiger charge is -2.27. The van der Waals surface area contributed by atoms with Gasteiger partial charge in [0.05, 0.1) is 25.8 Å². The van der Waals surface area contributed by atoms with E-state index in [2.05, 4.69) is 41.5 Å². The molecular formula is C35H41NO5. The van der Waals surface area contributed by atoms with Gasteiger partial charge in [0.2, 0.25) is 0 Å². The Morgan fingerprint density at radius 1 is 0.829 bits per heavy atom. The third-order valence-electron chi connectivity index (χ3n) is 7.71. The van der Waals surface area contributed by atoms with E-state index in [4.69, 9.17) is 9.47 Å². The maximum atomic E-state index is 13.6. The molecule has 1 aliphatic rings. The molecule has 0 saturated carbocycles. The number of rotatable bonds is 7. The fourth-order valence-corrected chi connectivity index (χ4v) is 5.26. The van der Waals surface area contributed by atoms with E-state index in [1.165, 1.54) is 0 Å². The number of aliphatic hydroxyl groups excluding tert-OH is 1. The number of likely N-dealkylation sites (tertiary alicyclic amines) is 1. The van der Waals surface area contributed by atoms with Crippen LogP contribution in [0.15, 0.2) is 72.3 Å². The van der Waals surface area contributed by atoms with Crippen molar-refractivity contribution < 1.29 is 24.2 Å². The molecule has 216 valence electrons. The van der Waals surface area contributed by atoms with Crippen molar-refractivity contribution in [1.82, 2.24) is 4.90 Å². The molecule has 0 aromatic heterocycles. The van der Waals surface area contributed by atoms with Crippen molar-refractivity contribution in [2.24, 2.45) is 0 Å². The van der Waals surface area contributed by atoms with E-state index in [-0.39, 0.29) is 22.2 Å². The van der Waals surface area contributed by atoms with E-state index >= 15 is 0 Å². The molecule has 1 atom stereocenters. The Balaban J connectivity index is 1.82. The normalized spacial score (nSPS) is 17.2. The van der Waals surface area contributed by atoms with Crippen LogP contribution in [0.3, 0.4) is 0 Å². The minimum atomic E-state index is -0.720. The van der Waals surface area contributed by atoms with E-state index in [0.29, 0.717) is 24.3 Å². The second-order valence-corrected chi connectivity index (χ2v) is 12.6. The van der Waals surface area contributed by atoms with Crippen molar-refractivity contribution in [3.8, 4) is 11.5 Å². The molecule has 3 aromatic carbocycles. The van der Waals surface area contributed by atoms with Gasteiger partial charge in [0, 0.05) is 17.7 Å². The van der Waals surface area contributed by atoms with Crippen LogP contribution in [0, 0.1) is 0 Å². The number of ketones is 1. The Kier molecular flexibility index (Phi) is 8.34. The largest absolute Gasteiger partial charge is 0.507 e. The summed E-state index contributed by atoms with van der Waals surface area (Å²) in [5.74, 6) is -0.0383. The fourth-order valence-electron chi connectivity index (χ4n) is 5.26. The van der Waals surface area contributed by atoms with Gasteiger partial charge < -0.3 is 19.5 Å². The van der Waals surface area contributed by atoms with E-state index in [0.717, 1.165) is 28.0 Å². The van der Waals surface area contributed by atoms with Crippen LogP contribution >= 0.6 is 0 Å². The molecular weight excluding hydrogens is 514 g/mol. The van der Waals surface area contributed by atoms with Gasteiger partial charge in [0.15, 0.2) is 0 Å². The molecule has 1 amide bonds. The Hall–Kier alpha value is -4.06. The average molecular weight is 556 g/mol.